The van der Waals surface area contributed by atoms with Crippen LogP contribution in [0.15, 0.2) is 89.0 Å². The van der Waals surface area contributed by atoms with E-state index in [-0.39, 0.29) is 18.1 Å². The molecule has 0 bridgehead atoms. The third-order valence-corrected chi connectivity index (χ3v) is 7.18. The van der Waals surface area contributed by atoms with Crippen LogP contribution in [0.5, 0.6) is 11.5 Å². The molecule has 1 aromatic heterocycles. The van der Waals surface area contributed by atoms with Gasteiger partial charge < -0.3 is 24.3 Å². The molecule has 0 aliphatic rings. The molecule has 248 valence electrons. The lowest BCUT2D eigenvalue weighted by molar-refractivity contribution is -0.139. The Balaban J connectivity index is 1.31. The molecule has 0 amide bonds. The predicted molar refractivity (Wildman–Crippen MR) is 170 cm³/mol. The maximum Gasteiger partial charge on any atom is 0.416 e. The van der Waals surface area contributed by atoms with Crippen LogP contribution >= 0.6 is 0 Å². The molecule has 0 fully saturated rings. The Hall–Kier alpha value is -5.06. The van der Waals surface area contributed by atoms with E-state index in [1.165, 1.54) is 6.08 Å². The summed E-state index contributed by atoms with van der Waals surface area (Å²) in [7, 11) is 0. The van der Waals surface area contributed by atoms with Gasteiger partial charge in [-0.25, -0.2) is 9.78 Å². The quantitative estimate of drug-likeness (QED) is 0.0989. The van der Waals surface area contributed by atoms with Gasteiger partial charge in [-0.1, -0.05) is 31.2 Å². The molecule has 0 saturated heterocycles. The van der Waals surface area contributed by atoms with Crippen molar-refractivity contribution >= 4 is 11.8 Å². The Kier molecular flexibility index (Phi) is 11.5. The number of aryl methyl sites for hydroxylation is 1. The average Bonchev–Trinajstić information content (AvgIpc) is 3.40. The molecule has 8 nitrogen and oxygen atoms in total. The lowest BCUT2D eigenvalue weighted by atomic mass is 10.0. The highest BCUT2D eigenvalue weighted by atomic mass is 19.4. The minimum absolute atomic E-state index is 0.0646. The number of allylic oxidation sites excluding steroid dienone is 2. The monoisotopic (exact) mass is 650 g/mol. The summed E-state index contributed by atoms with van der Waals surface area (Å²) in [6, 6.07) is 17.4. The second-order valence-electron chi connectivity index (χ2n) is 11.2. The first kappa shape index (κ1) is 34.8. The number of oxazole rings is 1. The lowest BCUT2D eigenvalue weighted by Crippen LogP contribution is -2.38. The van der Waals surface area contributed by atoms with Crippen LogP contribution < -0.4 is 14.8 Å². The summed E-state index contributed by atoms with van der Waals surface area (Å²) in [5.74, 6) is 0.951. The van der Waals surface area contributed by atoms with Crippen LogP contribution in [0.2, 0.25) is 0 Å². The Morgan fingerprint density at radius 3 is 2.19 bits per heavy atom. The van der Waals surface area contributed by atoms with E-state index in [2.05, 4.69) is 10.3 Å². The fourth-order valence-electron chi connectivity index (χ4n) is 4.69. The number of carboxylic acids is 1. The summed E-state index contributed by atoms with van der Waals surface area (Å²) in [5.41, 5.74) is 1.91. The molecule has 11 heteroatoms. The second-order valence-corrected chi connectivity index (χ2v) is 11.2. The van der Waals surface area contributed by atoms with Crippen molar-refractivity contribution < 1.29 is 41.8 Å². The Morgan fingerprint density at radius 1 is 0.979 bits per heavy atom. The third-order valence-electron chi connectivity index (χ3n) is 7.18. The topological polar surface area (TPSA) is 111 Å². The third kappa shape index (κ3) is 9.96. The van der Waals surface area contributed by atoms with Gasteiger partial charge in [0.15, 0.2) is 5.78 Å². The summed E-state index contributed by atoms with van der Waals surface area (Å²) < 4.78 is 56.0. The molecule has 1 heterocycles. The van der Waals surface area contributed by atoms with Gasteiger partial charge in [0.2, 0.25) is 5.89 Å². The Bertz CT molecular complexity index is 1680. The van der Waals surface area contributed by atoms with E-state index < -0.39 is 29.5 Å². The zero-order chi connectivity index (χ0) is 34.1. The van der Waals surface area contributed by atoms with Gasteiger partial charge in [0, 0.05) is 35.7 Å². The normalized spacial score (nSPS) is 12.6. The van der Waals surface area contributed by atoms with Crippen molar-refractivity contribution in [3.8, 4) is 23.0 Å². The van der Waals surface area contributed by atoms with Crippen molar-refractivity contribution in [1.29, 1.82) is 0 Å². The number of carbonyl (C=O) groups excluding carboxylic acids is 1. The van der Waals surface area contributed by atoms with Gasteiger partial charge in [0.25, 0.3) is 0 Å². The minimum Gasteiger partial charge on any atom is -0.493 e. The van der Waals surface area contributed by atoms with Crippen LogP contribution in [-0.2, 0) is 23.8 Å². The molecule has 47 heavy (non-hydrogen) atoms. The van der Waals surface area contributed by atoms with Gasteiger partial charge in [-0.05, 0) is 81.3 Å². The number of carbonyl (C=O) groups is 2. The van der Waals surface area contributed by atoms with Gasteiger partial charge in [-0.3, -0.25) is 4.79 Å². The maximum absolute atomic E-state index is 12.8. The van der Waals surface area contributed by atoms with Crippen molar-refractivity contribution in [2.24, 2.45) is 0 Å². The summed E-state index contributed by atoms with van der Waals surface area (Å²) in [5, 5.41) is 12.7. The average molecular weight is 651 g/mol. The fourth-order valence-corrected chi connectivity index (χ4v) is 4.69. The molecule has 0 aliphatic carbocycles. The van der Waals surface area contributed by atoms with E-state index in [1.807, 2.05) is 45.0 Å². The molecule has 1 unspecified atom stereocenters. The molecule has 1 atom stereocenters. The molecular weight excluding hydrogens is 613 g/mol. The molecule has 4 aromatic rings. The first-order valence-corrected chi connectivity index (χ1v) is 15.2. The van der Waals surface area contributed by atoms with Gasteiger partial charge >= 0.3 is 12.1 Å². The van der Waals surface area contributed by atoms with Crippen LogP contribution in [0.1, 0.15) is 60.1 Å². The molecule has 0 spiro atoms. The van der Waals surface area contributed by atoms with E-state index in [0.29, 0.717) is 42.5 Å². The number of halogens is 3. The van der Waals surface area contributed by atoms with Crippen LogP contribution in [-0.4, -0.2) is 40.6 Å². The number of nitrogens with zero attached hydrogens (tertiary/aromatic N) is 1. The van der Waals surface area contributed by atoms with E-state index >= 15 is 0 Å². The van der Waals surface area contributed by atoms with Crippen molar-refractivity contribution in [3.63, 3.8) is 0 Å². The van der Waals surface area contributed by atoms with E-state index in [0.717, 1.165) is 46.8 Å². The molecular formula is C36H37F3N2O6. The summed E-state index contributed by atoms with van der Waals surface area (Å²) in [6.07, 6.45) is -2.26. The van der Waals surface area contributed by atoms with Crippen LogP contribution in [0.4, 0.5) is 13.2 Å². The molecule has 2 N–H and O–H groups in total. The Morgan fingerprint density at radius 2 is 1.62 bits per heavy atom. The van der Waals surface area contributed by atoms with Gasteiger partial charge in [0.05, 0.1) is 24.0 Å². The van der Waals surface area contributed by atoms with Crippen molar-refractivity contribution in [2.75, 3.05) is 6.61 Å². The first-order valence-electron chi connectivity index (χ1n) is 15.2. The van der Waals surface area contributed by atoms with Crippen LogP contribution in [0, 0.1) is 6.92 Å². The first-order chi connectivity index (χ1) is 22.3. The molecule has 0 radical (unpaired) electrons. The highest BCUT2D eigenvalue weighted by Gasteiger charge is 2.30. The fraction of sp³-hybridized carbons (Fsp3) is 0.306. The predicted octanol–water partition coefficient (Wildman–Crippen LogP) is 7.84. The standard InChI is InChI=1S/C36H37F3N2O6/c1-5-28(21-33(42)25-8-12-27(13-9-25)36(37,38)39)40-32(35(43)44)20-24-6-14-29(15-7-24)45-19-18-31-23(4)47-34(41-31)26-10-16-30(17-11-26)46-22(2)3/h6-17,21-22,32,40H,5,18-20H2,1-4H3,(H,43,44)/b28-21-. The Labute approximate surface area is 271 Å². The number of benzene rings is 3. The smallest absolute Gasteiger partial charge is 0.416 e. The summed E-state index contributed by atoms with van der Waals surface area (Å²) >= 11 is 0. The number of nitrogens with one attached hydrogen (secondary N) is 1. The summed E-state index contributed by atoms with van der Waals surface area (Å²) in [4.78, 5) is 29.3. The van der Waals surface area contributed by atoms with E-state index in [1.54, 1.807) is 31.2 Å². The number of carboxylic acid groups (broad SMARTS) is 1. The number of hydrogen-bond acceptors (Lipinski definition) is 7. The minimum atomic E-state index is -4.51. The molecule has 0 aliphatic heterocycles. The highest BCUT2D eigenvalue weighted by Crippen LogP contribution is 2.29. The molecule has 4 rings (SSSR count). The summed E-state index contributed by atoms with van der Waals surface area (Å²) in [6.45, 7) is 7.88. The van der Waals surface area contributed by atoms with Gasteiger partial charge in [-0.15, -0.1) is 0 Å². The van der Waals surface area contributed by atoms with Gasteiger partial charge in [-0.2, -0.15) is 13.2 Å². The second kappa shape index (κ2) is 15.5. The zero-order valence-electron chi connectivity index (χ0n) is 26.6. The molecule has 0 saturated carbocycles. The van der Waals surface area contributed by atoms with Crippen molar-refractivity contribution in [2.45, 2.75) is 65.3 Å². The SMILES string of the molecule is CC/C(=C/C(=O)c1ccc(C(F)(F)F)cc1)NC(Cc1ccc(OCCc2nc(-c3ccc(OC(C)C)cc3)oc2C)cc1)C(=O)O. The van der Waals surface area contributed by atoms with E-state index in [4.69, 9.17) is 13.9 Å². The van der Waals surface area contributed by atoms with Gasteiger partial charge in [0.1, 0.15) is 23.3 Å². The number of rotatable bonds is 15. The van der Waals surface area contributed by atoms with Crippen LogP contribution in [0.25, 0.3) is 11.5 Å². The van der Waals surface area contributed by atoms with E-state index in [9.17, 15) is 27.9 Å². The van der Waals surface area contributed by atoms with Crippen LogP contribution in [0.3, 0.4) is 0 Å². The number of aliphatic carboxylic acids is 1. The lowest BCUT2D eigenvalue weighted by Gasteiger charge is -2.18. The van der Waals surface area contributed by atoms with Crippen molar-refractivity contribution in [1.82, 2.24) is 10.3 Å². The number of ether oxygens (including phenoxy) is 2. The number of aromatic nitrogens is 1. The highest BCUT2D eigenvalue weighted by molar-refractivity contribution is 6.04. The number of ketones is 1. The maximum atomic E-state index is 12.8. The zero-order valence-corrected chi connectivity index (χ0v) is 26.6. The number of alkyl halides is 3. The number of hydrogen-bond donors (Lipinski definition) is 2. The molecule has 3 aromatic carbocycles. The largest absolute Gasteiger partial charge is 0.493 e. The van der Waals surface area contributed by atoms with Crippen molar-refractivity contribution in [3.05, 3.63) is 113 Å².